The van der Waals surface area contributed by atoms with Gasteiger partial charge in [0, 0.05) is 6.54 Å². The number of carbonyl (C=O) groups is 1. The number of alkyl halides is 1. The van der Waals surface area contributed by atoms with Crippen molar-refractivity contribution in [3.63, 3.8) is 0 Å². The lowest BCUT2D eigenvalue weighted by molar-refractivity contribution is -0.120. The van der Waals surface area contributed by atoms with E-state index in [-0.39, 0.29) is 5.91 Å². The molecule has 0 radical (unpaired) electrons. The molecular weight excluding hydrogens is 126 g/mol. The number of halogens is 1. The molecule has 1 amide bonds. The first-order valence-electron chi connectivity index (χ1n) is 2.60. The van der Waals surface area contributed by atoms with Gasteiger partial charge in [-0.25, -0.2) is 0 Å². The molecule has 0 rings (SSSR count). The summed E-state index contributed by atoms with van der Waals surface area (Å²) in [5, 5.41) is 2.17. The van der Waals surface area contributed by atoms with Crippen LogP contribution in [0.2, 0.25) is 0 Å². The van der Waals surface area contributed by atoms with E-state index >= 15 is 0 Å². The van der Waals surface area contributed by atoms with Crippen LogP contribution in [-0.4, -0.2) is 17.8 Å². The second-order valence-corrected chi connectivity index (χ2v) is 2.17. The second kappa shape index (κ2) is 3.72. The zero-order chi connectivity index (χ0) is 6.57. The molecule has 0 saturated heterocycles. The third kappa shape index (κ3) is 2.86. The van der Waals surface area contributed by atoms with Crippen LogP contribution in [0.25, 0.3) is 0 Å². The lowest BCUT2D eigenvalue weighted by atomic mass is 10.4. The molecule has 0 aromatic rings. The lowest BCUT2D eigenvalue weighted by Gasteiger charge is -2.00. The number of nitrogens with one attached hydrogen (secondary N) is 1. The molecule has 0 heterocycles. The Morgan fingerprint density at radius 2 is 2.38 bits per heavy atom. The van der Waals surface area contributed by atoms with Crippen LogP contribution < -0.4 is 5.32 Å². The number of hydrogen-bond acceptors (Lipinski definition) is 1. The van der Waals surface area contributed by atoms with E-state index in [4.69, 9.17) is 11.6 Å². The second-order valence-electron chi connectivity index (χ2n) is 1.51. The molecule has 48 valence electrons. The zero-order valence-corrected chi connectivity index (χ0v) is 5.83. The Balaban J connectivity index is 3.33. The van der Waals surface area contributed by atoms with E-state index < -0.39 is 5.38 Å². The minimum atomic E-state index is -0.407. The van der Waals surface area contributed by atoms with Crippen LogP contribution in [0, 0.1) is 0 Å². The maximum atomic E-state index is 10.5. The fourth-order valence-corrected chi connectivity index (χ4v) is 0.392. The molecule has 3 heteroatoms. The Bertz CT molecular complexity index is 82.5. The van der Waals surface area contributed by atoms with Gasteiger partial charge in [0.2, 0.25) is 5.91 Å². The Labute approximate surface area is 54.2 Å². The quantitative estimate of drug-likeness (QED) is 0.557. The molecule has 1 atom stereocenters. The van der Waals surface area contributed by atoms with Gasteiger partial charge < -0.3 is 5.32 Å². The summed E-state index contributed by atoms with van der Waals surface area (Å²) in [6.45, 7) is 4.15. The van der Waals surface area contributed by atoms with Gasteiger partial charge >= 0.3 is 0 Å². The van der Waals surface area contributed by atoms with Crippen LogP contribution in [0.5, 0.6) is 0 Å². The largest absolute Gasteiger partial charge is 0.355 e. The monoisotopic (exact) mass is 135 g/mol. The van der Waals surface area contributed by atoms with Gasteiger partial charge in [-0.1, -0.05) is 0 Å². The Kier molecular flexibility index (Phi) is 3.61. The molecule has 0 aromatic heterocycles. The van der Waals surface area contributed by atoms with E-state index in [2.05, 4.69) is 5.32 Å². The van der Waals surface area contributed by atoms with Crippen molar-refractivity contribution < 1.29 is 4.79 Å². The Morgan fingerprint density at radius 3 is 2.50 bits per heavy atom. The maximum Gasteiger partial charge on any atom is 0.237 e. The first-order valence-corrected chi connectivity index (χ1v) is 3.04. The molecule has 0 spiro atoms. The van der Waals surface area contributed by atoms with Crippen LogP contribution in [0.1, 0.15) is 13.8 Å². The summed E-state index contributed by atoms with van der Waals surface area (Å²) in [7, 11) is 0. The summed E-state index contributed by atoms with van der Waals surface area (Å²) in [5.74, 6) is -0.103. The predicted octanol–water partition coefficient (Wildman–Crippen LogP) is 0.750. The summed E-state index contributed by atoms with van der Waals surface area (Å²) in [4.78, 5) is 10.5. The average Bonchev–Trinajstić information content (AvgIpc) is 1.67. The van der Waals surface area contributed by atoms with Crippen LogP contribution >= 0.6 is 11.6 Å². The van der Waals surface area contributed by atoms with E-state index in [1.54, 1.807) is 6.92 Å². The molecule has 0 saturated carbocycles. The lowest BCUT2D eigenvalue weighted by Crippen LogP contribution is -2.28. The smallest absolute Gasteiger partial charge is 0.237 e. The summed E-state index contributed by atoms with van der Waals surface area (Å²) in [5.41, 5.74) is 0. The summed E-state index contributed by atoms with van der Waals surface area (Å²) in [6.07, 6.45) is 0. The number of rotatable bonds is 2. The van der Waals surface area contributed by atoms with Crippen LogP contribution in [0.3, 0.4) is 0 Å². The van der Waals surface area contributed by atoms with Gasteiger partial charge in [-0.3, -0.25) is 4.79 Å². The molecule has 1 N–H and O–H groups in total. The van der Waals surface area contributed by atoms with E-state index in [0.29, 0.717) is 6.54 Å². The SMILES string of the molecule is CCNC(=O)[C@@H](C)Cl. The van der Waals surface area contributed by atoms with E-state index in [9.17, 15) is 4.79 Å². The molecule has 2 nitrogen and oxygen atoms in total. The molecular formula is C5H10ClNO. The van der Waals surface area contributed by atoms with Gasteiger partial charge in [0.1, 0.15) is 5.38 Å². The highest BCUT2D eigenvalue weighted by atomic mass is 35.5. The first-order chi connectivity index (χ1) is 3.68. The molecule has 0 aliphatic heterocycles. The third-order valence-electron chi connectivity index (χ3n) is 0.712. The maximum absolute atomic E-state index is 10.5. The zero-order valence-electron chi connectivity index (χ0n) is 5.07. The molecule has 0 bridgehead atoms. The summed E-state index contributed by atoms with van der Waals surface area (Å²) >= 11 is 5.39. The first kappa shape index (κ1) is 7.76. The topological polar surface area (TPSA) is 29.1 Å². The number of carbonyl (C=O) groups excluding carboxylic acids is 1. The van der Waals surface area contributed by atoms with Gasteiger partial charge in [-0.2, -0.15) is 0 Å². The van der Waals surface area contributed by atoms with Crippen molar-refractivity contribution in [2.45, 2.75) is 19.2 Å². The van der Waals surface area contributed by atoms with Crippen molar-refractivity contribution in [3.8, 4) is 0 Å². The fraction of sp³-hybridized carbons (Fsp3) is 0.800. The van der Waals surface area contributed by atoms with E-state index in [0.717, 1.165) is 0 Å². The van der Waals surface area contributed by atoms with Crippen molar-refractivity contribution in [1.82, 2.24) is 5.32 Å². The van der Waals surface area contributed by atoms with Gasteiger partial charge in [-0.15, -0.1) is 11.6 Å². The van der Waals surface area contributed by atoms with Gasteiger partial charge in [0.15, 0.2) is 0 Å². The summed E-state index contributed by atoms with van der Waals surface area (Å²) < 4.78 is 0. The minimum absolute atomic E-state index is 0.103. The normalized spacial score (nSPS) is 12.9. The van der Waals surface area contributed by atoms with Crippen molar-refractivity contribution in [2.75, 3.05) is 6.54 Å². The van der Waals surface area contributed by atoms with Crippen LogP contribution in [0.15, 0.2) is 0 Å². The Morgan fingerprint density at radius 1 is 1.88 bits per heavy atom. The van der Waals surface area contributed by atoms with Gasteiger partial charge in [-0.05, 0) is 13.8 Å². The predicted molar refractivity (Wildman–Crippen MR) is 34.0 cm³/mol. The van der Waals surface area contributed by atoms with Crippen molar-refractivity contribution in [3.05, 3.63) is 0 Å². The van der Waals surface area contributed by atoms with Crippen LogP contribution in [-0.2, 0) is 4.79 Å². The van der Waals surface area contributed by atoms with Gasteiger partial charge in [0.25, 0.3) is 0 Å². The molecule has 0 aliphatic rings. The molecule has 0 unspecified atom stereocenters. The van der Waals surface area contributed by atoms with Crippen LogP contribution in [0.4, 0.5) is 0 Å². The highest BCUT2D eigenvalue weighted by molar-refractivity contribution is 6.30. The highest BCUT2D eigenvalue weighted by Crippen LogP contribution is 1.90. The number of hydrogen-bond donors (Lipinski definition) is 1. The Hall–Kier alpha value is -0.240. The van der Waals surface area contributed by atoms with Crippen molar-refractivity contribution >= 4 is 17.5 Å². The van der Waals surface area contributed by atoms with Crippen molar-refractivity contribution in [1.29, 1.82) is 0 Å². The van der Waals surface area contributed by atoms with E-state index in [1.807, 2.05) is 6.92 Å². The molecule has 8 heavy (non-hydrogen) atoms. The van der Waals surface area contributed by atoms with Gasteiger partial charge in [0.05, 0.1) is 0 Å². The molecule has 0 aliphatic carbocycles. The average molecular weight is 136 g/mol. The highest BCUT2D eigenvalue weighted by Gasteiger charge is 2.04. The van der Waals surface area contributed by atoms with E-state index in [1.165, 1.54) is 0 Å². The fourth-order valence-electron chi connectivity index (χ4n) is 0.315. The summed E-state index contributed by atoms with van der Waals surface area (Å²) in [6, 6.07) is 0. The molecule has 0 fully saturated rings. The number of amides is 1. The molecule has 0 aromatic carbocycles. The standard InChI is InChI=1S/C5H10ClNO/c1-3-7-5(8)4(2)6/h4H,3H2,1-2H3,(H,7,8)/t4-/m1/s1. The van der Waals surface area contributed by atoms with Crippen molar-refractivity contribution in [2.24, 2.45) is 0 Å². The third-order valence-corrected chi connectivity index (χ3v) is 0.910. The minimum Gasteiger partial charge on any atom is -0.355 e.